The summed E-state index contributed by atoms with van der Waals surface area (Å²) in [4.78, 5) is 33.5. The topological polar surface area (TPSA) is 91.7 Å². The molecule has 0 aliphatic carbocycles. The summed E-state index contributed by atoms with van der Waals surface area (Å²) in [6, 6.07) is 8.88. The third-order valence-electron chi connectivity index (χ3n) is 2.65. The van der Waals surface area contributed by atoms with Gasteiger partial charge in [-0.2, -0.15) is 0 Å². The maximum atomic E-state index is 11.8. The van der Waals surface area contributed by atoms with Crippen LogP contribution in [0.5, 0.6) is 0 Å². The molecule has 0 heterocycles. The number of rotatable bonds is 6. The van der Waals surface area contributed by atoms with E-state index >= 15 is 0 Å². The van der Waals surface area contributed by atoms with Gasteiger partial charge in [0.1, 0.15) is 5.78 Å². The van der Waals surface area contributed by atoms with Crippen LogP contribution in [-0.2, 0) is 20.8 Å². The minimum Gasteiger partial charge on any atom is -0.478 e. The molecular formula is C14H14O5. The lowest BCUT2D eigenvalue weighted by molar-refractivity contribution is -0.136. The van der Waals surface area contributed by atoms with Crippen molar-refractivity contribution in [2.24, 2.45) is 0 Å². The van der Waals surface area contributed by atoms with Crippen molar-refractivity contribution in [3.8, 4) is 0 Å². The van der Waals surface area contributed by atoms with E-state index in [4.69, 9.17) is 10.2 Å². The molecule has 0 saturated carbocycles. The largest absolute Gasteiger partial charge is 0.478 e. The summed E-state index contributed by atoms with van der Waals surface area (Å²) in [5, 5.41) is 17.7. The van der Waals surface area contributed by atoms with Crippen LogP contribution in [0.1, 0.15) is 18.9 Å². The highest BCUT2D eigenvalue weighted by atomic mass is 16.4. The van der Waals surface area contributed by atoms with Gasteiger partial charge >= 0.3 is 11.9 Å². The molecule has 0 fully saturated rings. The highest BCUT2D eigenvalue weighted by Crippen LogP contribution is 2.12. The highest BCUT2D eigenvalue weighted by Gasteiger charge is 2.19. The first-order valence-electron chi connectivity index (χ1n) is 5.63. The fraction of sp³-hybridized carbons (Fsp3) is 0.214. The number of benzene rings is 1. The highest BCUT2D eigenvalue weighted by molar-refractivity contribution is 6.02. The molecule has 19 heavy (non-hydrogen) atoms. The van der Waals surface area contributed by atoms with E-state index in [0.717, 1.165) is 5.56 Å². The van der Waals surface area contributed by atoms with Crippen molar-refractivity contribution in [2.75, 3.05) is 0 Å². The molecule has 1 rings (SSSR count). The van der Waals surface area contributed by atoms with Crippen LogP contribution >= 0.6 is 0 Å². The maximum absolute atomic E-state index is 11.8. The van der Waals surface area contributed by atoms with Gasteiger partial charge in [-0.05, 0) is 12.5 Å². The van der Waals surface area contributed by atoms with E-state index in [9.17, 15) is 14.4 Å². The van der Waals surface area contributed by atoms with E-state index in [0.29, 0.717) is 0 Å². The molecule has 0 radical (unpaired) electrons. The first-order valence-corrected chi connectivity index (χ1v) is 5.63. The van der Waals surface area contributed by atoms with E-state index in [2.05, 4.69) is 0 Å². The lowest BCUT2D eigenvalue weighted by Gasteiger charge is -2.05. The van der Waals surface area contributed by atoms with Crippen molar-refractivity contribution < 1.29 is 24.6 Å². The Morgan fingerprint density at radius 3 is 2.05 bits per heavy atom. The lowest BCUT2D eigenvalue weighted by Crippen LogP contribution is -2.14. The second kappa shape index (κ2) is 6.49. The zero-order valence-corrected chi connectivity index (χ0v) is 10.4. The fourth-order valence-electron chi connectivity index (χ4n) is 1.58. The minimum absolute atomic E-state index is 0.0878. The SMILES string of the molecule is C/C(C(=O)O)=C(/CC(=O)Cc1ccccc1)C(=O)O. The van der Waals surface area contributed by atoms with E-state index < -0.39 is 11.9 Å². The standard InChI is InChI=1S/C14H14O5/c1-9(13(16)17)12(14(18)19)8-11(15)7-10-5-3-2-4-6-10/h2-6H,7-8H2,1H3,(H,16,17)(H,18,19)/b12-9+. The van der Waals surface area contributed by atoms with E-state index in [1.54, 1.807) is 24.3 Å². The van der Waals surface area contributed by atoms with Gasteiger partial charge in [-0.1, -0.05) is 30.3 Å². The Hall–Kier alpha value is -2.43. The Morgan fingerprint density at radius 2 is 1.58 bits per heavy atom. The Labute approximate surface area is 110 Å². The predicted molar refractivity (Wildman–Crippen MR) is 67.7 cm³/mol. The summed E-state index contributed by atoms with van der Waals surface area (Å²) < 4.78 is 0. The zero-order valence-electron chi connectivity index (χ0n) is 10.4. The zero-order chi connectivity index (χ0) is 14.4. The molecule has 0 bridgehead atoms. The monoisotopic (exact) mass is 262 g/mol. The molecule has 0 aromatic heterocycles. The molecule has 100 valence electrons. The number of Topliss-reactive ketones (excluding diaryl/α,β-unsaturated/α-hetero) is 1. The van der Waals surface area contributed by atoms with Crippen molar-refractivity contribution in [3.63, 3.8) is 0 Å². The van der Waals surface area contributed by atoms with Gasteiger partial charge in [0.25, 0.3) is 0 Å². The molecule has 5 nitrogen and oxygen atoms in total. The van der Waals surface area contributed by atoms with Crippen molar-refractivity contribution in [3.05, 3.63) is 47.0 Å². The fourth-order valence-corrected chi connectivity index (χ4v) is 1.58. The summed E-state index contributed by atoms with van der Waals surface area (Å²) in [5.74, 6) is -3.03. The number of carbonyl (C=O) groups is 3. The quantitative estimate of drug-likeness (QED) is 0.761. The van der Waals surface area contributed by atoms with Gasteiger partial charge in [-0.25, -0.2) is 9.59 Å². The van der Waals surface area contributed by atoms with Crippen LogP contribution in [0.4, 0.5) is 0 Å². The normalized spacial score (nSPS) is 11.6. The molecule has 0 amide bonds. The van der Waals surface area contributed by atoms with Crippen LogP contribution in [0.15, 0.2) is 41.5 Å². The second-order valence-corrected chi connectivity index (χ2v) is 4.09. The van der Waals surface area contributed by atoms with Gasteiger partial charge in [0.15, 0.2) is 0 Å². The third kappa shape index (κ3) is 4.39. The maximum Gasteiger partial charge on any atom is 0.332 e. The van der Waals surface area contributed by atoms with Crippen LogP contribution < -0.4 is 0 Å². The van der Waals surface area contributed by atoms with Crippen molar-refractivity contribution in [2.45, 2.75) is 19.8 Å². The molecule has 0 unspecified atom stereocenters. The molecule has 1 aromatic carbocycles. The average Bonchev–Trinajstić information content (AvgIpc) is 2.36. The lowest BCUT2D eigenvalue weighted by atomic mass is 9.99. The third-order valence-corrected chi connectivity index (χ3v) is 2.65. The van der Waals surface area contributed by atoms with Gasteiger partial charge in [0.05, 0.1) is 5.57 Å². The Bertz CT molecular complexity index is 528. The summed E-state index contributed by atoms with van der Waals surface area (Å²) in [6.07, 6.45) is -0.299. The first kappa shape index (κ1) is 14.6. The van der Waals surface area contributed by atoms with Crippen molar-refractivity contribution in [1.29, 1.82) is 0 Å². The Morgan fingerprint density at radius 1 is 1.00 bits per heavy atom. The van der Waals surface area contributed by atoms with Crippen LogP contribution in [0.2, 0.25) is 0 Å². The smallest absolute Gasteiger partial charge is 0.332 e. The summed E-state index contributed by atoms with van der Waals surface area (Å²) in [5.41, 5.74) is 0.0903. The Balaban J connectivity index is 2.82. The summed E-state index contributed by atoms with van der Waals surface area (Å²) >= 11 is 0. The summed E-state index contributed by atoms with van der Waals surface area (Å²) in [7, 11) is 0. The number of hydrogen-bond donors (Lipinski definition) is 2. The molecule has 0 aliphatic heterocycles. The van der Waals surface area contributed by atoms with Gasteiger partial charge in [-0.15, -0.1) is 0 Å². The van der Waals surface area contributed by atoms with E-state index in [1.807, 2.05) is 6.07 Å². The predicted octanol–water partition coefficient (Wildman–Crippen LogP) is 1.67. The number of hydrogen-bond acceptors (Lipinski definition) is 3. The van der Waals surface area contributed by atoms with Crippen molar-refractivity contribution in [1.82, 2.24) is 0 Å². The number of ketones is 1. The molecular weight excluding hydrogens is 248 g/mol. The van der Waals surface area contributed by atoms with Gasteiger partial charge in [0, 0.05) is 18.4 Å². The van der Waals surface area contributed by atoms with E-state index in [-0.39, 0.29) is 29.8 Å². The van der Waals surface area contributed by atoms with Crippen LogP contribution in [0.25, 0.3) is 0 Å². The second-order valence-electron chi connectivity index (χ2n) is 4.09. The van der Waals surface area contributed by atoms with Crippen LogP contribution in [0, 0.1) is 0 Å². The average molecular weight is 262 g/mol. The number of aliphatic carboxylic acids is 2. The molecule has 2 N–H and O–H groups in total. The number of carbonyl (C=O) groups excluding carboxylic acids is 1. The minimum atomic E-state index is -1.37. The summed E-state index contributed by atoms with van der Waals surface area (Å²) in [6.45, 7) is 1.18. The molecule has 0 aliphatic rings. The van der Waals surface area contributed by atoms with Gasteiger partial charge < -0.3 is 10.2 Å². The van der Waals surface area contributed by atoms with Crippen LogP contribution in [0.3, 0.4) is 0 Å². The molecule has 0 saturated heterocycles. The Kier molecular flexibility index (Phi) is 5.00. The van der Waals surface area contributed by atoms with Crippen molar-refractivity contribution >= 4 is 17.7 Å². The van der Waals surface area contributed by atoms with E-state index in [1.165, 1.54) is 6.92 Å². The molecule has 0 atom stereocenters. The van der Waals surface area contributed by atoms with Gasteiger partial charge in [-0.3, -0.25) is 4.79 Å². The van der Waals surface area contributed by atoms with Crippen LogP contribution in [-0.4, -0.2) is 27.9 Å². The molecule has 1 aromatic rings. The van der Waals surface area contributed by atoms with Gasteiger partial charge in [0.2, 0.25) is 0 Å². The molecule has 0 spiro atoms. The molecule has 5 heteroatoms. The number of carboxylic acid groups (broad SMARTS) is 2. The number of carboxylic acids is 2. The first-order chi connectivity index (χ1) is 8.91.